The highest BCUT2D eigenvalue weighted by Gasteiger charge is 2.85. The van der Waals surface area contributed by atoms with Crippen molar-refractivity contribution >= 4 is 23.7 Å². The van der Waals surface area contributed by atoms with Crippen molar-refractivity contribution < 1.29 is 58.6 Å². The molecule has 2 saturated heterocycles. The van der Waals surface area contributed by atoms with Gasteiger partial charge in [-0.15, -0.1) is 0 Å². The first-order chi connectivity index (χ1) is 18.5. The zero-order valence-corrected chi connectivity index (χ0v) is 23.3. The second kappa shape index (κ2) is 8.85. The summed E-state index contributed by atoms with van der Waals surface area (Å²) in [4.78, 5) is 52.8. The summed E-state index contributed by atoms with van der Waals surface area (Å²) in [6.07, 6.45) is -5.28. The van der Waals surface area contributed by atoms with Crippen LogP contribution in [0.1, 0.15) is 47.5 Å². The van der Waals surface area contributed by atoms with Crippen LogP contribution in [0.15, 0.2) is 23.0 Å². The number of esters is 3. The van der Waals surface area contributed by atoms with Gasteiger partial charge >= 0.3 is 17.9 Å². The Hall–Kier alpha value is -2.80. The second-order valence-electron chi connectivity index (χ2n) is 12.7. The maximum atomic E-state index is 13.5. The van der Waals surface area contributed by atoms with Gasteiger partial charge in [0, 0.05) is 23.8 Å². The summed E-state index contributed by atoms with van der Waals surface area (Å²) in [5.41, 5.74) is -5.43. The van der Waals surface area contributed by atoms with Crippen molar-refractivity contribution in [1.29, 1.82) is 0 Å². The largest absolute Gasteiger partial charge is 0.504 e. The van der Waals surface area contributed by atoms with Crippen molar-refractivity contribution in [1.82, 2.24) is 0 Å². The number of methoxy groups -OCH3 is 1. The second-order valence-corrected chi connectivity index (χ2v) is 12.7. The molecule has 40 heavy (non-hydrogen) atoms. The summed E-state index contributed by atoms with van der Waals surface area (Å²) >= 11 is 0. The third-order valence-corrected chi connectivity index (χ3v) is 10.4. The first kappa shape index (κ1) is 28.7. The van der Waals surface area contributed by atoms with Crippen LogP contribution in [0.3, 0.4) is 0 Å². The van der Waals surface area contributed by atoms with Crippen LogP contribution >= 0.6 is 0 Å². The Morgan fingerprint density at radius 1 is 1.18 bits per heavy atom. The van der Waals surface area contributed by atoms with Crippen LogP contribution in [-0.4, -0.2) is 93.5 Å². The van der Waals surface area contributed by atoms with Crippen LogP contribution in [0.4, 0.5) is 0 Å². The fourth-order valence-electron chi connectivity index (χ4n) is 8.37. The molecule has 5 aliphatic rings. The highest BCUT2D eigenvalue weighted by atomic mass is 16.6. The number of aliphatic hydroxyl groups excluding tert-OH is 3. The topological polar surface area (TPSA) is 186 Å². The molecule has 0 aromatic rings. The summed E-state index contributed by atoms with van der Waals surface area (Å²) in [6.45, 7) is 7.54. The quantitative estimate of drug-likeness (QED) is 0.208. The van der Waals surface area contributed by atoms with E-state index in [4.69, 9.17) is 18.9 Å². The van der Waals surface area contributed by atoms with Crippen molar-refractivity contribution in [3.05, 3.63) is 23.0 Å². The number of allylic oxidation sites excluding steroid dienone is 2. The van der Waals surface area contributed by atoms with Crippen molar-refractivity contribution in [2.75, 3.05) is 13.7 Å². The van der Waals surface area contributed by atoms with Gasteiger partial charge in [-0.1, -0.05) is 6.92 Å². The molecule has 2 heterocycles. The van der Waals surface area contributed by atoms with Gasteiger partial charge in [-0.2, -0.15) is 0 Å². The van der Waals surface area contributed by atoms with Crippen molar-refractivity contribution in [2.45, 2.75) is 83.1 Å². The molecule has 0 aromatic heterocycles. The average molecular weight is 565 g/mol. The van der Waals surface area contributed by atoms with E-state index in [0.717, 1.165) is 13.2 Å². The molecule has 12 heteroatoms. The zero-order chi connectivity index (χ0) is 29.7. The number of ketones is 1. The lowest BCUT2D eigenvalue weighted by Crippen LogP contribution is -2.79. The van der Waals surface area contributed by atoms with Crippen LogP contribution in [0.5, 0.6) is 0 Å². The van der Waals surface area contributed by atoms with Crippen LogP contribution in [0.2, 0.25) is 0 Å². The van der Waals surface area contributed by atoms with Crippen LogP contribution in [0, 0.1) is 28.6 Å². The lowest BCUT2D eigenvalue weighted by molar-refractivity contribution is -0.290. The van der Waals surface area contributed by atoms with Gasteiger partial charge in [-0.3, -0.25) is 4.79 Å². The number of fused-ring (bicyclic) bond motifs is 2. The number of Topliss-reactive ketones (excluding diaryl/α,β-unsaturated/α-hetero) is 1. The molecule has 10 unspecified atom stereocenters. The molecule has 3 aliphatic carbocycles. The molecule has 12 nitrogen and oxygen atoms in total. The van der Waals surface area contributed by atoms with E-state index >= 15 is 0 Å². The highest BCUT2D eigenvalue weighted by molar-refractivity contribution is 5.95. The molecule has 4 fully saturated rings. The molecular weight excluding hydrogens is 528 g/mol. The zero-order valence-electron chi connectivity index (χ0n) is 23.3. The van der Waals surface area contributed by atoms with Crippen molar-refractivity contribution in [2.24, 2.45) is 28.6 Å². The SMILES string of the molecule is COC(=O)C12OCC34C(CC5C(C)=C(O)C(=O)CC5(C)C3C(O)C1O)OC(=O)C(OC(=O)/C=C(\C)C(C)(C)O)C24. The molecule has 5 rings (SSSR count). The molecule has 0 aromatic carbocycles. The molecule has 0 amide bonds. The minimum Gasteiger partial charge on any atom is -0.504 e. The number of carbonyl (C=O) groups is 4. The lowest BCUT2D eigenvalue weighted by atomic mass is 9.38. The lowest BCUT2D eigenvalue weighted by Gasteiger charge is -2.67. The molecule has 2 aliphatic heterocycles. The fourth-order valence-corrected chi connectivity index (χ4v) is 8.37. The monoisotopic (exact) mass is 564 g/mol. The van der Waals surface area contributed by atoms with Gasteiger partial charge in [0.2, 0.25) is 11.7 Å². The molecule has 4 N–H and O–H groups in total. The van der Waals surface area contributed by atoms with Crippen LogP contribution in [-0.2, 0) is 38.1 Å². The van der Waals surface area contributed by atoms with E-state index < -0.39 is 87.9 Å². The number of hydrogen-bond donors (Lipinski definition) is 4. The van der Waals surface area contributed by atoms with Crippen molar-refractivity contribution in [3.63, 3.8) is 0 Å². The predicted octanol–water partition coefficient (Wildman–Crippen LogP) is 0.268. The standard InChI is InChI=1S/C28H36O12/c1-11(25(3,4)36)7-16(30)40-19-21-27-10-38-28(21,24(35)37-6)22(33)18(32)20(27)26(5)9-14(29)17(31)12(2)13(26)8-15(27)39-23(19)34/h7,13,15,18-22,31-33,36H,8-10H2,1-6H3/b11-7+. The van der Waals surface area contributed by atoms with Gasteiger partial charge in [0.25, 0.3) is 0 Å². The molecular formula is C28H36O12. The Bertz CT molecular complexity index is 1240. The average Bonchev–Trinajstić information content (AvgIpc) is 3.17. The molecule has 0 radical (unpaired) electrons. The molecule has 10 atom stereocenters. The highest BCUT2D eigenvalue weighted by Crippen LogP contribution is 2.72. The predicted molar refractivity (Wildman–Crippen MR) is 133 cm³/mol. The van der Waals surface area contributed by atoms with E-state index in [9.17, 15) is 39.6 Å². The first-order valence-corrected chi connectivity index (χ1v) is 13.3. The normalized spacial score (nSPS) is 44.4. The number of rotatable bonds is 4. The summed E-state index contributed by atoms with van der Waals surface area (Å²) in [5, 5.41) is 44.0. The summed E-state index contributed by atoms with van der Waals surface area (Å²) < 4.78 is 22.6. The van der Waals surface area contributed by atoms with Gasteiger partial charge in [-0.25, -0.2) is 14.4 Å². The minimum absolute atomic E-state index is 0.139. The van der Waals surface area contributed by atoms with Gasteiger partial charge in [-0.05, 0) is 56.6 Å². The summed E-state index contributed by atoms with van der Waals surface area (Å²) in [7, 11) is 1.07. The van der Waals surface area contributed by atoms with E-state index in [1.165, 1.54) is 20.8 Å². The Morgan fingerprint density at radius 2 is 1.82 bits per heavy atom. The van der Waals surface area contributed by atoms with E-state index in [2.05, 4.69) is 0 Å². The van der Waals surface area contributed by atoms with E-state index in [1.807, 2.05) is 0 Å². The van der Waals surface area contributed by atoms with E-state index in [-0.39, 0.29) is 30.8 Å². The third kappa shape index (κ3) is 3.45. The number of ether oxygens (including phenoxy) is 4. The molecule has 2 bridgehead atoms. The maximum absolute atomic E-state index is 13.5. The van der Waals surface area contributed by atoms with Crippen molar-refractivity contribution in [3.8, 4) is 0 Å². The maximum Gasteiger partial charge on any atom is 0.348 e. The Kier molecular flexibility index (Phi) is 6.35. The Balaban J connectivity index is 1.70. The van der Waals surface area contributed by atoms with E-state index in [0.29, 0.717) is 5.57 Å². The molecule has 1 spiro atoms. The number of aliphatic hydroxyl groups is 4. The summed E-state index contributed by atoms with van der Waals surface area (Å²) in [6, 6.07) is 0. The number of carbonyl (C=O) groups excluding carboxylic acids is 4. The Labute approximate surface area is 230 Å². The molecule has 220 valence electrons. The smallest absolute Gasteiger partial charge is 0.348 e. The Morgan fingerprint density at radius 3 is 2.42 bits per heavy atom. The molecule has 2 saturated carbocycles. The van der Waals surface area contributed by atoms with Crippen LogP contribution < -0.4 is 0 Å². The minimum atomic E-state index is -2.28. The van der Waals surface area contributed by atoms with Gasteiger partial charge in [0.1, 0.15) is 12.2 Å². The van der Waals surface area contributed by atoms with Gasteiger partial charge in [0.15, 0.2) is 11.5 Å². The number of hydrogen-bond acceptors (Lipinski definition) is 12. The van der Waals surface area contributed by atoms with Gasteiger partial charge < -0.3 is 39.4 Å². The third-order valence-electron chi connectivity index (χ3n) is 10.4. The van der Waals surface area contributed by atoms with E-state index in [1.54, 1.807) is 13.8 Å². The summed E-state index contributed by atoms with van der Waals surface area (Å²) in [5.74, 6) is -6.76. The fraction of sp³-hybridized carbons (Fsp3) is 0.714. The first-order valence-electron chi connectivity index (χ1n) is 13.3. The van der Waals surface area contributed by atoms with Crippen LogP contribution in [0.25, 0.3) is 0 Å². The van der Waals surface area contributed by atoms with Gasteiger partial charge in [0.05, 0.1) is 31.3 Å².